The zero-order valence-electron chi connectivity index (χ0n) is 20.5. The predicted octanol–water partition coefficient (Wildman–Crippen LogP) is 7.44. The van der Waals surface area contributed by atoms with Crippen LogP contribution in [-0.4, -0.2) is 31.2 Å². The van der Waals surface area contributed by atoms with Gasteiger partial charge in [-0.2, -0.15) is 23.3 Å². The van der Waals surface area contributed by atoms with Crippen molar-refractivity contribution in [1.29, 1.82) is 0 Å². The van der Waals surface area contributed by atoms with Crippen LogP contribution in [0.2, 0.25) is 5.02 Å². The summed E-state index contributed by atoms with van der Waals surface area (Å²) in [7, 11) is 0. The van der Waals surface area contributed by atoms with Crippen molar-refractivity contribution in [2.75, 3.05) is 21.3 Å². The van der Waals surface area contributed by atoms with E-state index in [0.717, 1.165) is 22.7 Å². The highest BCUT2D eigenvalue weighted by molar-refractivity contribution is 7.13. The minimum atomic E-state index is -4.65. The number of nitrogens with zero attached hydrogens (tertiary/aromatic N) is 4. The number of anilines is 6. The molecule has 15 heteroatoms. The van der Waals surface area contributed by atoms with Gasteiger partial charge in [0.25, 0.3) is 0 Å². The molecule has 0 aliphatic rings. The van der Waals surface area contributed by atoms with E-state index in [1.54, 1.807) is 23.5 Å². The molecule has 2 amide bonds. The maximum atomic E-state index is 13.1. The van der Waals surface area contributed by atoms with Crippen molar-refractivity contribution >= 4 is 63.7 Å². The molecule has 0 spiro atoms. The zero-order chi connectivity index (χ0) is 28.3. The number of rotatable bonds is 7. The topological polar surface area (TPSA) is 133 Å². The number of H-pyrrole nitrogens is 1. The smallest absolute Gasteiger partial charge is 0.325 e. The summed E-state index contributed by atoms with van der Waals surface area (Å²) in [5, 5.41) is 19.8. The van der Waals surface area contributed by atoms with Crippen LogP contribution in [0.25, 0.3) is 10.6 Å². The van der Waals surface area contributed by atoms with E-state index in [-0.39, 0.29) is 11.5 Å². The van der Waals surface area contributed by atoms with Crippen LogP contribution in [0, 0.1) is 6.92 Å². The van der Waals surface area contributed by atoms with Gasteiger partial charge in [0.15, 0.2) is 0 Å². The Morgan fingerprint density at radius 1 is 0.975 bits per heavy atom. The van der Waals surface area contributed by atoms with Crippen molar-refractivity contribution < 1.29 is 18.0 Å². The summed E-state index contributed by atoms with van der Waals surface area (Å²) in [6, 6.07) is 13.0. The summed E-state index contributed by atoms with van der Waals surface area (Å²) < 4.78 is 39.2. The highest BCUT2D eigenvalue weighted by Crippen LogP contribution is 2.36. The molecule has 4 heterocycles. The Kier molecular flexibility index (Phi) is 7.53. The lowest BCUT2D eigenvalue weighted by Crippen LogP contribution is -2.20. The molecule has 0 saturated heterocycles. The first-order valence-electron chi connectivity index (χ1n) is 11.5. The van der Waals surface area contributed by atoms with E-state index >= 15 is 0 Å². The van der Waals surface area contributed by atoms with Gasteiger partial charge in [-0.15, -0.1) is 11.3 Å². The highest BCUT2D eigenvalue weighted by atomic mass is 35.5. The minimum Gasteiger partial charge on any atom is -0.325 e. The lowest BCUT2D eigenvalue weighted by molar-refractivity contribution is -0.137. The molecule has 0 atom stereocenters. The second-order valence-corrected chi connectivity index (χ2v) is 9.67. The van der Waals surface area contributed by atoms with Crippen LogP contribution >= 0.6 is 22.9 Å². The van der Waals surface area contributed by atoms with E-state index in [0.29, 0.717) is 29.0 Å². The number of pyridine rings is 1. The van der Waals surface area contributed by atoms with Crippen molar-refractivity contribution in [2.45, 2.75) is 13.1 Å². The molecule has 5 rings (SSSR count). The van der Waals surface area contributed by atoms with E-state index in [9.17, 15) is 18.0 Å². The van der Waals surface area contributed by atoms with Crippen molar-refractivity contribution in [1.82, 2.24) is 25.1 Å². The van der Waals surface area contributed by atoms with Crippen molar-refractivity contribution in [3.63, 3.8) is 0 Å². The quantitative estimate of drug-likeness (QED) is 0.134. The number of carbonyl (C=O) groups is 1. The number of aromatic nitrogens is 5. The maximum Gasteiger partial charge on any atom is 0.417 e. The molecule has 0 fully saturated rings. The van der Waals surface area contributed by atoms with Gasteiger partial charge < -0.3 is 16.0 Å². The number of nitrogens with one attached hydrogen (secondary N) is 5. The predicted molar refractivity (Wildman–Crippen MR) is 149 cm³/mol. The Bertz CT molecular complexity index is 1640. The fraction of sp³-hybridized carbons (Fsp3) is 0.0800. The number of carbonyl (C=O) groups excluding carboxylic acids is 1. The van der Waals surface area contributed by atoms with Gasteiger partial charge in [0, 0.05) is 23.5 Å². The van der Waals surface area contributed by atoms with Crippen LogP contribution in [0.15, 0.2) is 66.2 Å². The number of hydrogen-bond acceptors (Lipinski definition) is 8. The number of aromatic amines is 1. The average Bonchev–Trinajstić information content (AvgIpc) is 3.58. The van der Waals surface area contributed by atoms with Crippen LogP contribution in [0.1, 0.15) is 11.3 Å². The molecule has 0 radical (unpaired) electrons. The number of halogens is 4. The lowest BCUT2D eigenvalue weighted by atomic mass is 10.2. The third-order valence-electron chi connectivity index (χ3n) is 5.26. The Morgan fingerprint density at radius 3 is 2.52 bits per heavy atom. The number of benzene rings is 1. The third kappa shape index (κ3) is 6.65. The molecule has 0 aliphatic heterocycles. The van der Waals surface area contributed by atoms with Gasteiger partial charge in [0.2, 0.25) is 5.95 Å². The molecule has 204 valence electrons. The van der Waals surface area contributed by atoms with Gasteiger partial charge in [-0.1, -0.05) is 17.7 Å². The van der Waals surface area contributed by atoms with E-state index < -0.39 is 22.8 Å². The molecule has 5 N–H and O–H groups in total. The number of thiophene rings is 1. The fourth-order valence-corrected chi connectivity index (χ4v) is 4.44. The van der Waals surface area contributed by atoms with Crippen LogP contribution in [-0.2, 0) is 6.18 Å². The van der Waals surface area contributed by atoms with Gasteiger partial charge in [-0.05, 0) is 48.7 Å². The molecule has 0 saturated carbocycles. The monoisotopic (exact) mass is 585 g/mol. The average molecular weight is 586 g/mol. The molecule has 0 bridgehead atoms. The Hall–Kier alpha value is -4.69. The summed E-state index contributed by atoms with van der Waals surface area (Å²) in [4.78, 5) is 26.3. The minimum absolute atomic E-state index is 0.0774. The van der Waals surface area contributed by atoms with Gasteiger partial charge in [0.05, 0.1) is 27.3 Å². The molecular formula is C25H19ClF3N9OS. The number of alkyl halides is 3. The molecule has 0 unspecified atom stereocenters. The SMILES string of the molecule is Cc1cc(Nc2cc(-c3cccs3)n[nH]2)nc(Nc2ccc(NC(=O)Nc3ccc(Cl)c(C(F)(F)F)c3)nc2)n1. The molecular weight excluding hydrogens is 567 g/mol. The fourth-order valence-electron chi connectivity index (χ4n) is 3.53. The van der Waals surface area contributed by atoms with E-state index in [4.69, 9.17) is 11.6 Å². The first-order chi connectivity index (χ1) is 19.1. The van der Waals surface area contributed by atoms with Crippen LogP contribution < -0.4 is 21.3 Å². The summed E-state index contributed by atoms with van der Waals surface area (Å²) >= 11 is 7.20. The number of urea groups is 1. The molecule has 4 aromatic heterocycles. The first-order valence-corrected chi connectivity index (χ1v) is 12.8. The lowest BCUT2D eigenvalue weighted by Gasteiger charge is -2.12. The summed E-state index contributed by atoms with van der Waals surface area (Å²) in [5.74, 6) is 1.68. The van der Waals surface area contributed by atoms with E-state index in [2.05, 4.69) is 46.4 Å². The van der Waals surface area contributed by atoms with E-state index in [1.807, 2.05) is 30.5 Å². The highest BCUT2D eigenvalue weighted by Gasteiger charge is 2.33. The van der Waals surface area contributed by atoms with Gasteiger partial charge in [-0.3, -0.25) is 10.4 Å². The Balaban J connectivity index is 1.20. The molecule has 10 nitrogen and oxygen atoms in total. The molecule has 1 aromatic carbocycles. The first kappa shape index (κ1) is 26.9. The maximum absolute atomic E-state index is 13.1. The summed E-state index contributed by atoms with van der Waals surface area (Å²) in [5.41, 5.74) is 0.930. The van der Waals surface area contributed by atoms with Crippen molar-refractivity contribution in [3.8, 4) is 10.6 Å². The van der Waals surface area contributed by atoms with Gasteiger partial charge >= 0.3 is 12.2 Å². The Labute approximate surface area is 234 Å². The van der Waals surface area contributed by atoms with Gasteiger partial charge in [-0.25, -0.2) is 14.8 Å². The number of aryl methyl sites for hydroxylation is 1. The Morgan fingerprint density at radius 2 is 1.80 bits per heavy atom. The van der Waals surface area contributed by atoms with Crippen LogP contribution in [0.4, 0.5) is 52.7 Å². The molecule has 5 aromatic rings. The third-order valence-corrected chi connectivity index (χ3v) is 6.48. The number of hydrogen-bond donors (Lipinski definition) is 5. The second kappa shape index (κ2) is 11.2. The summed E-state index contributed by atoms with van der Waals surface area (Å²) in [6.07, 6.45) is -3.21. The van der Waals surface area contributed by atoms with Crippen LogP contribution in [0.3, 0.4) is 0 Å². The van der Waals surface area contributed by atoms with Gasteiger partial charge in [0.1, 0.15) is 23.1 Å². The molecule has 0 aliphatic carbocycles. The second-order valence-electron chi connectivity index (χ2n) is 8.32. The van der Waals surface area contributed by atoms with Crippen LogP contribution in [0.5, 0.6) is 0 Å². The van der Waals surface area contributed by atoms with E-state index in [1.165, 1.54) is 18.3 Å². The zero-order valence-corrected chi connectivity index (χ0v) is 22.0. The number of amides is 2. The van der Waals surface area contributed by atoms with Crippen molar-refractivity contribution in [3.05, 3.63) is 82.5 Å². The largest absolute Gasteiger partial charge is 0.417 e. The normalized spacial score (nSPS) is 11.2. The van der Waals surface area contributed by atoms with Crippen molar-refractivity contribution in [2.24, 2.45) is 0 Å². The summed E-state index contributed by atoms with van der Waals surface area (Å²) in [6.45, 7) is 1.82. The standard InChI is InChI=1S/C25H19ClF3N9OS/c1-13-9-21(34-22-11-18(37-38-22)19-3-2-8-40-19)35-23(31-13)32-15-5-7-20(30-12-15)36-24(39)33-14-4-6-17(26)16(10-14)25(27,28)29/h2-12H,1H3,(H2,30,33,36,39)(H3,31,32,34,35,37,38). The molecule has 40 heavy (non-hydrogen) atoms.